The average molecular weight is 354 g/mol. The Morgan fingerprint density at radius 3 is 2.62 bits per heavy atom. The minimum atomic E-state index is -0.381. The first kappa shape index (κ1) is 17.6. The number of ether oxygens (including phenoxy) is 1. The van der Waals surface area contributed by atoms with Crippen molar-refractivity contribution in [1.29, 1.82) is 0 Å². The van der Waals surface area contributed by atoms with Crippen LogP contribution in [-0.4, -0.2) is 27.8 Å². The number of halogens is 1. The summed E-state index contributed by atoms with van der Waals surface area (Å²) in [5, 5.41) is 7.01. The molecular weight excluding hydrogens is 335 g/mol. The molecule has 3 aromatic rings. The van der Waals surface area contributed by atoms with Crippen LogP contribution in [0, 0.1) is 19.7 Å². The van der Waals surface area contributed by atoms with Gasteiger partial charge < -0.3 is 10.1 Å². The zero-order chi connectivity index (χ0) is 18.7. The molecule has 26 heavy (non-hydrogen) atoms. The molecular formula is C19H19FN4O2. The smallest absolute Gasteiger partial charge is 0.291 e. The lowest BCUT2D eigenvalue weighted by Crippen LogP contribution is -2.24. The molecule has 0 fully saturated rings. The second-order valence-electron chi connectivity index (χ2n) is 5.86. The molecule has 0 bridgehead atoms. The van der Waals surface area contributed by atoms with Crippen LogP contribution in [0.4, 0.5) is 4.39 Å². The Balaban J connectivity index is 1.72. The highest BCUT2D eigenvalue weighted by atomic mass is 19.1. The monoisotopic (exact) mass is 354 g/mol. The molecule has 0 saturated heterocycles. The standard InChI is InChI=1S/C19H19FN4O2/c1-12-4-5-14(10-17(12)26-3)11-21-19(25)18-22-13(2)24(23-18)16-8-6-15(20)7-9-16/h4-10H,11H2,1-3H3,(H,21,25). The van der Waals surface area contributed by atoms with Gasteiger partial charge in [0.2, 0.25) is 5.82 Å². The van der Waals surface area contributed by atoms with E-state index < -0.39 is 0 Å². The molecule has 1 aromatic heterocycles. The lowest BCUT2D eigenvalue weighted by atomic mass is 10.1. The van der Waals surface area contributed by atoms with Crippen molar-refractivity contribution in [1.82, 2.24) is 20.1 Å². The lowest BCUT2D eigenvalue weighted by molar-refractivity contribution is 0.0940. The molecule has 0 radical (unpaired) electrons. The summed E-state index contributed by atoms with van der Waals surface area (Å²) in [5.41, 5.74) is 2.58. The molecule has 0 aliphatic carbocycles. The third kappa shape index (κ3) is 3.72. The van der Waals surface area contributed by atoms with Crippen molar-refractivity contribution < 1.29 is 13.9 Å². The molecule has 0 spiro atoms. The van der Waals surface area contributed by atoms with E-state index in [0.717, 1.165) is 16.9 Å². The summed E-state index contributed by atoms with van der Waals surface area (Å²) >= 11 is 0. The van der Waals surface area contributed by atoms with Gasteiger partial charge in [0.25, 0.3) is 5.91 Å². The van der Waals surface area contributed by atoms with E-state index >= 15 is 0 Å². The van der Waals surface area contributed by atoms with Crippen LogP contribution in [0.5, 0.6) is 5.75 Å². The van der Waals surface area contributed by atoms with E-state index in [1.165, 1.54) is 16.8 Å². The van der Waals surface area contributed by atoms with E-state index in [-0.39, 0.29) is 17.5 Å². The second-order valence-corrected chi connectivity index (χ2v) is 5.86. The van der Waals surface area contributed by atoms with Crippen molar-refractivity contribution in [3.63, 3.8) is 0 Å². The maximum Gasteiger partial charge on any atom is 0.291 e. The molecule has 1 amide bonds. The summed E-state index contributed by atoms with van der Waals surface area (Å²) in [6.07, 6.45) is 0. The molecule has 1 heterocycles. The van der Waals surface area contributed by atoms with E-state index in [1.807, 2.05) is 25.1 Å². The van der Waals surface area contributed by atoms with Gasteiger partial charge in [0.15, 0.2) is 0 Å². The van der Waals surface area contributed by atoms with Gasteiger partial charge in [-0.25, -0.2) is 14.1 Å². The minimum absolute atomic E-state index is 0.0610. The largest absolute Gasteiger partial charge is 0.496 e. The highest BCUT2D eigenvalue weighted by Crippen LogP contribution is 2.19. The highest BCUT2D eigenvalue weighted by molar-refractivity contribution is 5.90. The number of carbonyl (C=O) groups is 1. The quantitative estimate of drug-likeness (QED) is 0.765. The molecule has 7 heteroatoms. The summed E-state index contributed by atoms with van der Waals surface area (Å²) < 4.78 is 19.8. The Kier molecular flexibility index (Phi) is 4.97. The number of benzene rings is 2. The van der Waals surface area contributed by atoms with Gasteiger partial charge in [-0.1, -0.05) is 12.1 Å². The highest BCUT2D eigenvalue weighted by Gasteiger charge is 2.15. The van der Waals surface area contributed by atoms with Gasteiger partial charge in [-0.05, 0) is 55.3 Å². The van der Waals surface area contributed by atoms with Crippen molar-refractivity contribution >= 4 is 5.91 Å². The van der Waals surface area contributed by atoms with Crippen molar-refractivity contribution in [2.24, 2.45) is 0 Å². The number of carbonyl (C=O) groups excluding carboxylic acids is 1. The Morgan fingerprint density at radius 2 is 1.92 bits per heavy atom. The van der Waals surface area contributed by atoms with Crippen LogP contribution in [-0.2, 0) is 6.54 Å². The Hall–Kier alpha value is -3.22. The fraction of sp³-hybridized carbons (Fsp3) is 0.211. The third-order valence-corrected chi connectivity index (χ3v) is 3.97. The lowest BCUT2D eigenvalue weighted by Gasteiger charge is -2.08. The molecule has 6 nitrogen and oxygen atoms in total. The molecule has 0 aliphatic heterocycles. The summed E-state index contributed by atoms with van der Waals surface area (Å²) in [6.45, 7) is 4.02. The van der Waals surface area contributed by atoms with Gasteiger partial charge >= 0.3 is 0 Å². The van der Waals surface area contributed by atoms with Gasteiger partial charge in [0, 0.05) is 6.54 Å². The van der Waals surface area contributed by atoms with Crippen molar-refractivity contribution in [2.75, 3.05) is 7.11 Å². The Labute approximate surface area is 150 Å². The topological polar surface area (TPSA) is 69.0 Å². The number of aryl methyl sites for hydroxylation is 2. The number of hydrogen-bond acceptors (Lipinski definition) is 4. The van der Waals surface area contributed by atoms with Gasteiger partial charge in [-0.3, -0.25) is 4.79 Å². The number of nitrogens with one attached hydrogen (secondary N) is 1. The number of rotatable bonds is 5. The first-order valence-corrected chi connectivity index (χ1v) is 8.09. The maximum absolute atomic E-state index is 13.1. The SMILES string of the molecule is COc1cc(CNC(=O)c2nc(C)n(-c3ccc(F)cc3)n2)ccc1C. The van der Waals surface area contributed by atoms with E-state index in [0.29, 0.717) is 18.1 Å². The molecule has 1 N–H and O–H groups in total. The maximum atomic E-state index is 13.1. The second kappa shape index (κ2) is 7.35. The summed E-state index contributed by atoms with van der Waals surface area (Å²) in [5.74, 6) is 0.655. The zero-order valence-electron chi connectivity index (χ0n) is 14.8. The number of hydrogen-bond donors (Lipinski definition) is 1. The third-order valence-electron chi connectivity index (χ3n) is 3.97. The molecule has 134 valence electrons. The Bertz CT molecular complexity index is 935. The molecule has 0 aliphatic rings. The molecule has 0 unspecified atom stereocenters. The first-order valence-electron chi connectivity index (χ1n) is 8.09. The van der Waals surface area contributed by atoms with Crippen LogP contribution >= 0.6 is 0 Å². The molecule has 0 atom stereocenters. The number of nitrogens with zero attached hydrogens (tertiary/aromatic N) is 3. The van der Waals surface area contributed by atoms with E-state index in [1.54, 1.807) is 26.2 Å². The van der Waals surface area contributed by atoms with Gasteiger partial charge in [-0.2, -0.15) is 0 Å². The predicted molar refractivity (Wildman–Crippen MR) is 95.0 cm³/mol. The number of aromatic nitrogens is 3. The van der Waals surface area contributed by atoms with Crippen LogP contribution < -0.4 is 10.1 Å². The molecule has 2 aromatic carbocycles. The van der Waals surface area contributed by atoms with Crippen molar-refractivity contribution in [3.8, 4) is 11.4 Å². The molecule has 0 saturated carbocycles. The van der Waals surface area contributed by atoms with E-state index in [9.17, 15) is 9.18 Å². The fourth-order valence-corrected chi connectivity index (χ4v) is 2.55. The summed E-state index contributed by atoms with van der Waals surface area (Å²) in [6, 6.07) is 11.6. The molecule has 3 rings (SSSR count). The fourth-order valence-electron chi connectivity index (χ4n) is 2.55. The summed E-state index contributed by atoms with van der Waals surface area (Å²) in [7, 11) is 1.61. The van der Waals surface area contributed by atoms with Crippen molar-refractivity contribution in [2.45, 2.75) is 20.4 Å². The minimum Gasteiger partial charge on any atom is -0.496 e. The van der Waals surface area contributed by atoms with Gasteiger partial charge in [0.1, 0.15) is 17.4 Å². The Morgan fingerprint density at radius 1 is 1.19 bits per heavy atom. The normalized spacial score (nSPS) is 10.6. The predicted octanol–water partition coefficient (Wildman–Crippen LogP) is 2.96. The van der Waals surface area contributed by atoms with Crippen LogP contribution in [0.3, 0.4) is 0 Å². The van der Waals surface area contributed by atoms with Gasteiger partial charge in [-0.15, -0.1) is 5.10 Å². The van der Waals surface area contributed by atoms with E-state index in [2.05, 4.69) is 15.4 Å². The first-order chi connectivity index (χ1) is 12.5. The number of amides is 1. The summed E-state index contributed by atoms with van der Waals surface area (Å²) in [4.78, 5) is 16.5. The van der Waals surface area contributed by atoms with E-state index in [4.69, 9.17) is 4.74 Å². The van der Waals surface area contributed by atoms with Crippen LogP contribution in [0.15, 0.2) is 42.5 Å². The van der Waals surface area contributed by atoms with Gasteiger partial charge in [0.05, 0.1) is 12.8 Å². The average Bonchev–Trinajstić information content (AvgIpc) is 3.03. The van der Waals surface area contributed by atoms with Crippen molar-refractivity contribution in [3.05, 3.63) is 71.1 Å². The van der Waals surface area contributed by atoms with Crippen LogP contribution in [0.1, 0.15) is 27.6 Å². The van der Waals surface area contributed by atoms with Crippen LogP contribution in [0.2, 0.25) is 0 Å². The number of methoxy groups -OCH3 is 1. The zero-order valence-corrected chi connectivity index (χ0v) is 14.8. The van der Waals surface area contributed by atoms with Crippen LogP contribution in [0.25, 0.3) is 5.69 Å².